The van der Waals surface area contributed by atoms with E-state index < -0.39 is 0 Å². The van der Waals surface area contributed by atoms with E-state index >= 15 is 0 Å². The van der Waals surface area contributed by atoms with E-state index in [1.165, 1.54) is 31.4 Å². The van der Waals surface area contributed by atoms with Crippen LogP contribution in [-0.2, 0) is 12.1 Å². The van der Waals surface area contributed by atoms with Crippen LogP contribution >= 0.6 is 0 Å². The minimum absolute atomic E-state index is 0.247. The molecule has 1 aromatic heterocycles. The first-order valence-corrected chi connectivity index (χ1v) is 6.43. The Morgan fingerprint density at radius 2 is 2.12 bits per heavy atom. The molecule has 1 aromatic rings. The normalized spacial score (nSPS) is 21.4. The van der Waals surface area contributed by atoms with Gasteiger partial charge in [-0.1, -0.05) is 0 Å². The zero-order valence-corrected chi connectivity index (χ0v) is 10.2. The number of nitrogens with zero attached hydrogens (tertiary/aromatic N) is 2. The van der Waals surface area contributed by atoms with E-state index in [1.54, 1.807) is 0 Å². The standard InChI is InChI=1S/C13H21N3/c1-13(2,10-3-4-10)16-9-14-7-12(16)8-15-11-5-6-11/h7,9-11,15H,3-6,8H2,1-2H3. The van der Waals surface area contributed by atoms with Gasteiger partial charge in [0, 0.05) is 24.3 Å². The van der Waals surface area contributed by atoms with Gasteiger partial charge in [-0.3, -0.25) is 0 Å². The average Bonchev–Trinajstić information content (AvgIpc) is 3.13. The van der Waals surface area contributed by atoms with Gasteiger partial charge in [0.1, 0.15) is 0 Å². The predicted octanol–water partition coefficient (Wildman–Crippen LogP) is 2.28. The lowest BCUT2D eigenvalue weighted by atomic mass is 9.98. The molecule has 3 nitrogen and oxygen atoms in total. The fraction of sp³-hybridized carbons (Fsp3) is 0.769. The van der Waals surface area contributed by atoms with Gasteiger partial charge in [-0.25, -0.2) is 4.98 Å². The maximum atomic E-state index is 4.32. The van der Waals surface area contributed by atoms with E-state index in [0.29, 0.717) is 0 Å². The van der Waals surface area contributed by atoms with Crippen LogP contribution in [0.25, 0.3) is 0 Å². The van der Waals surface area contributed by atoms with Crippen molar-refractivity contribution in [3.8, 4) is 0 Å². The summed E-state index contributed by atoms with van der Waals surface area (Å²) >= 11 is 0. The van der Waals surface area contributed by atoms with Crippen molar-refractivity contribution in [1.29, 1.82) is 0 Å². The summed E-state index contributed by atoms with van der Waals surface area (Å²) in [7, 11) is 0. The first-order chi connectivity index (χ1) is 7.68. The van der Waals surface area contributed by atoms with Crippen molar-refractivity contribution in [2.45, 2.75) is 57.7 Å². The average molecular weight is 219 g/mol. The fourth-order valence-corrected chi connectivity index (χ4v) is 2.49. The second-order valence-corrected chi connectivity index (χ2v) is 5.84. The summed E-state index contributed by atoms with van der Waals surface area (Å²) in [4.78, 5) is 4.32. The number of hydrogen-bond donors (Lipinski definition) is 1. The predicted molar refractivity (Wildman–Crippen MR) is 64.1 cm³/mol. The summed E-state index contributed by atoms with van der Waals surface area (Å²) in [6.45, 7) is 5.65. The van der Waals surface area contributed by atoms with E-state index in [2.05, 4.69) is 28.7 Å². The SMILES string of the molecule is CC(C)(C1CC1)n1cncc1CNC1CC1. The topological polar surface area (TPSA) is 29.9 Å². The van der Waals surface area contributed by atoms with Crippen LogP contribution in [0.3, 0.4) is 0 Å². The largest absolute Gasteiger partial charge is 0.327 e. The molecule has 1 heterocycles. The highest BCUT2D eigenvalue weighted by atomic mass is 15.1. The Kier molecular flexibility index (Phi) is 2.32. The Bertz CT molecular complexity index is 372. The molecular formula is C13H21N3. The molecule has 0 bridgehead atoms. The molecule has 0 spiro atoms. The van der Waals surface area contributed by atoms with Crippen LogP contribution in [-0.4, -0.2) is 15.6 Å². The Morgan fingerprint density at radius 1 is 1.38 bits per heavy atom. The Balaban J connectivity index is 1.74. The number of rotatable bonds is 5. The van der Waals surface area contributed by atoms with Gasteiger partial charge in [-0.05, 0) is 45.4 Å². The van der Waals surface area contributed by atoms with Crippen molar-refractivity contribution in [3.05, 3.63) is 18.2 Å². The maximum absolute atomic E-state index is 4.32. The molecule has 2 saturated carbocycles. The monoisotopic (exact) mass is 219 g/mol. The molecular weight excluding hydrogens is 198 g/mol. The lowest BCUT2D eigenvalue weighted by Gasteiger charge is -2.28. The van der Waals surface area contributed by atoms with E-state index in [4.69, 9.17) is 0 Å². The minimum Gasteiger partial charge on any atom is -0.327 e. The smallest absolute Gasteiger partial charge is 0.0953 e. The molecule has 2 aliphatic carbocycles. The third-order valence-corrected chi connectivity index (χ3v) is 4.06. The summed E-state index contributed by atoms with van der Waals surface area (Å²) in [5.41, 5.74) is 1.58. The van der Waals surface area contributed by atoms with Crippen LogP contribution in [0.15, 0.2) is 12.5 Å². The lowest BCUT2D eigenvalue weighted by Crippen LogP contribution is -2.31. The molecule has 0 atom stereocenters. The van der Waals surface area contributed by atoms with Crippen molar-refractivity contribution in [1.82, 2.24) is 14.9 Å². The molecule has 0 amide bonds. The maximum Gasteiger partial charge on any atom is 0.0953 e. The molecule has 88 valence electrons. The second kappa shape index (κ2) is 3.59. The first kappa shape index (κ1) is 10.3. The highest BCUT2D eigenvalue weighted by Gasteiger charge is 2.39. The van der Waals surface area contributed by atoms with Crippen molar-refractivity contribution < 1.29 is 0 Å². The molecule has 3 rings (SSSR count). The number of hydrogen-bond acceptors (Lipinski definition) is 2. The van der Waals surface area contributed by atoms with E-state index in [-0.39, 0.29) is 5.54 Å². The zero-order chi connectivity index (χ0) is 11.2. The molecule has 0 radical (unpaired) electrons. The zero-order valence-electron chi connectivity index (χ0n) is 10.2. The Morgan fingerprint density at radius 3 is 2.75 bits per heavy atom. The summed E-state index contributed by atoms with van der Waals surface area (Å²) < 4.78 is 2.38. The van der Waals surface area contributed by atoms with Crippen LogP contribution in [0.4, 0.5) is 0 Å². The lowest BCUT2D eigenvalue weighted by molar-refractivity contribution is 0.294. The first-order valence-electron chi connectivity index (χ1n) is 6.43. The molecule has 1 N–H and O–H groups in total. The van der Waals surface area contributed by atoms with Crippen LogP contribution in [0.2, 0.25) is 0 Å². The Labute approximate surface area is 97.3 Å². The molecule has 2 fully saturated rings. The van der Waals surface area contributed by atoms with Gasteiger partial charge in [0.15, 0.2) is 0 Å². The van der Waals surface area contributed by atoms with Crippen molar-refractivity contribution >= 4 is 0 Å². The fourth-order valence-electron chi connectivity index (χ4n) is 2.49. The van der Waals surface area contributed by atoms with Gasteiger partial charge in [0.05, 0.1) is 12.0 Å². The highest BCUT2D eigenvalue weighted by Crippen LogP contribution is 2.44. The summed E-state index contributed by atoms with van der Waals surface area (Å²) in [6.07, 6.45) is 9.46. The Hall–Kier alpha value is -0.830. The third kappa shape index (κ3) is 1.88. The van der Waals surface area contributed by atoms with Crippen LogP contribution < -0.4 is 5.32 Å². The van der Waals surface area contributed by atoms with Gasteiger partial charge in [0.2, 0.25) is 0 Å². The van der Waals surface area contributed by atoms with Crippen molar-refractivity contribution in [2.75, 3.05) is 0 Å². The molecule has 2 aliphatic rings. The van der Waals surface area contributed by atoms with Crippen LogP contribution in [0, 0.1) is 5.92 Å². The highest BCUT2D eigenvalue weighted by molar-refractivity contribution is 5.07. The molecule has 16 heavy (non-hydrogen) atoms. The molecule has 0 saturated heterocycles. The van der Waals surface area contributed by atoms with Crippen LogP contribution in [0.1, 0.15) is 45.2 Å². The van der Waals surface area contributed by atoms with Gasteiger partial charge in [-0.2, -0.15) is 0 Å². The quantitative estimate of drug-likeness (QED) is 0.823. The van der Waals surface area contributed by atoms with Gasteiger partial charge in [-0.15, -0.1) is 0 Å². The second-order valence-electron chi connectivity index (χ2n) is 5.84. The van der Waals surface area contributed by atoms with Gasteiger partial charge >= 0.3 is 0 Å². The number of aromatic nitrogens is 2. The molecule has 0 aliphatic heterocycles. The summed E-state index contributed by atoms with van der Waals surface area (Å²) in [5, 5.41) is 3.57. The molecule has 0 aromatic carbocycles. The van der Waals surface area contributed by atoms with Crippen LogP contribution in [0.5, 0.6) is 0 Å². The van der Waals surface area contributed by atoms with Gasteiger partial charge in [0.25, 0.3) is 0 Å². The molecule has 3 heteroatoms. The summed E-state index contributed by atoms with van der Waals surface area (Å²) in [5.74, 6) is 0.848. The van der Waals surface area contributed by atoms with Gasteiger partial charge < -0.3 is 9.88 Å². The molecule has 0 unspecified atom stereocenters. The van der Waals surface area contributed by atoms with E-state index in [9.17, 15) is 0 Å². The van der Waals surface area contributed by atoms with E-state index in [0.717, 1.165) is 18.5 Å². The van der Waals surface area contributed by atoms with Crippen molar-refractivity contribution in [3.63, 3.8) is 0 Å². The van der Waals surface area contributed by atoms with Crippen molar-refractivity contribution in [2.24, 2.45) is 5.92 Å². The minimum atomic E-state index is 0.247. The third-order valence-electron chi connectivity index (χ3n) is 4.06. The number of nitrogens with one attached hydrogen (secondary N) is 1. The number of imidazole rings is 1. The van der Waals surface area contributed by atoms with E-state index in [1.807, 2.05) is 12.5 Å². The summed E-state index contributed by atoms with van der Waals surface area (Å²) in [6, 6.07) is 0.771.